The molecule has 1 unspecified atom stereocenters. The van der Waals surface area contributed by atoms with Gasteiger partial charge in [0.25, 0.3) is 0 Å². The van der Waals surface area contributed by atoms with Gasteiger partial charge in [-0.25, -0.2) is 0 Å². The second-order valence-electron chi connectivity index (χ2n) is 4.88. The summed E-state index contributed by atoms with van der Waals surface area (Å²) in [6.07, 6.45) is 0.108. The minimum Gasteiger partial charge on any atom is -0.485 e. The standard InChI is InChI=1S/C13H22N2O2/c1-5-12(16)13(3,4)17-11-7-10(15)9(14)6-8(11)2/h6-7,12,16H,5,14-15H2,1-4H3. The minimum atomic E-state index is -0.651. The molecule has 0 fully saturated rings. The van der Waals surface area contributed by atoms with Crippen LogP contribution in [0, 0.1) is 6.92 Å². The first-order valence-corrected chi connectivity index (χ1v) is 5.80. The Bertz CT molecular complexity index is 403. The van der Waals surface area contributed by atoms with Gasteiger partial charge in [0.2, 0.25) is 0 Å². The summed E-state index contributed by atoms with van der Waals surface area (Å²) in [5, 5.41) is 9.88. The number of aryl methyl sites for hydroxylation is 1. The van der Waals surface area contributed by atoms with Gasteiger partial charge in [0.15, 0.2) is 0 Å². The summed E-state index contributed by atoms with van der Waals surface area (Å²) in [7, 11) is 0. The molecule has 4 nitrogen and oxygen atoms in total. The van der Waals surface area contributed by atoms with Crippen molar-refractivity contribution in [1.29, 1.82) is 0 Å². The largest absolute Gasteiger partial charge is 0.485 e. The molecule has 17 heavy (non-hydrogen) atoms. The first-order chi connectivity index (χ1) is 7.77. The third-order valence-electron chi connectivity index (χ3n) is 2.94. The van der Waals surface area contributed by atoms with Crippen LogP contribution in [0.2, 0.25) is 0 Å². The fourth-order valence-corrected chi connectivity index (χ4v) is 1.68. The monoisotopic (exact) mass is 238 g/mol. The third kappa shape index (κ3) is 3.03. The van der Waals surface area contributed by atoms with Gasteiger partial charge in [0, 0.05) is 6.07 Å². The van der Waals surface area contributed by atoms with E-state index in [0.717, 1.165) is 5.56 Å². The number of nitrogens with two attached hydrogens (primary N) is 2. The Hall–Kier alpha value is -1.42. The first-order valence-electron chi connectivity index (χ1n) is 5.80. The topological polar surface area (TPSA) is 81.5 Å². The molecular weight excluding hydrogens is 216 g/mol. The molecule has 0 bridgehead atoms. The van der Waals surface area contributed by atoms with Crippen molar-refractivity contribution in [3.8, 4) is 5.75 Å². The minimum absolute atomic E-state index is 0.493. The highest BCUT2D eigenvalue weighted by Crippen LogP contribution is 2.30. The number of hydrogen-bond donors (Lipinski definition) is 3. The maximum Gasteiger partial charge on any atom is 0.129 e. The summed E-state index contributed by atoms with van der Waals surface area (Å²) in [5.41, 5.74) is 12.8. The second-order valence-corrected chi connectivity index (χ2v) is 4.88. The second kappa shape index (κ2) is 4.84. The molecule has 0 aliphatic rings. The Labute approximate surface area is 103 Å². The van der Waals surface area contributed by atoms with Gasteiger partial charge in [0.1, 0.15) is 11.4 Å². The van der Waals surface area contributed by atoms with Gasteiger partial charge >= 0.3 is 0 Å². The van der Waals surface area contributed by atoms with Crippen LogP contribution in [-0.4, -0.2) is 16.8 Å². The highest BCUT2D eigenvalue weighted by molar-refractivity contribution is 5.67. The van der Waals surface area contributed by atoms with E-state index in [1.165, 1.54) is 0 Å². The number of aliphatic hydroxyl groups excluding tert-OH is 1. The zero-order chi connectivity index (χ0) is 13.2. The number of rotatable bonds is 4. The Morgan fingerprint density at radius 2 is 1.82 bits per heavy atom. The number of nitrogen functional groups attached to an aromatic ring is 2. The molecule has 1 aromatic carbocycles. The van der Waals surface area contributed by atoms with E-state index in [0.29, 0.717) is 23.5 Å². The van der Waals surface area contributed by atoms with Crippen LogP contribution in [0.5, 0.6) is 5.75 Å². The molecule has 0 saturated heterocycles. The normalized spacial score (nSPS) is 13.5. The molecule has 0 aliphatic heterocycles. The van der Waals surface area contributed by atoms with Gasteiger partial charge in [-0.1, -0.05) is 6.92 Å². The smallest absolute Gasteiger partial charge is 0.129 e. The number of anilines is 2. The van der Waals surface area contributed by atoms with Crippen LogP contribution in [0.3, 0.4) is 0 Å². The molecule has 1 aromatic rings. The van der Waals surface area contributed by atoms with Crippen molar-refractivity contribution in [2.75, 3.05) is 11.5 Å². The molecule has 5 N–H and O–H groups in total. The molecule has 0 radical (unpaired) electrons. The molecule has 0 spiro atoms. The van der Waals surface area contributed by atoms with Crippen molar-refractivity contribution in [3.63, 3.8) is 0 Å². The van der Waals surface area contributed by atoms with Crippen molar-refractivity contribution in [2.45, 2.75) is 45.8 Å². The predicted octanol–water partition coefficient (Wildman–Crippen LogP) is 2.09. The van der Waals surface area contributed by atoms with Crippen LogP contribution in [-0.2, 0) is 0 Å². The predicted molar refractivity (Wildman–Crippen MR) is 71.0 cm³/mol. The van der Waals surface area contributed by atoms with Crippen molar-refractivity contribution >= 4 is 11.4 Å². The van der Waals surface area contributed by atoms with Crippen LogP contribution >= 0.6 is 0 Å². The van der Waals surface area contributed by atoms with E-state index < -0.39 is 11.7 Å². The molecule has 4 heteroatoms. The molecule has 1 rings (SSSR count). The number of hydrogen-bond acceptors (Lipinski definition) is 4. The summed E-state index contributed by atoms with van der Waals surface area (Å²) in [5.74, 6) is 0.661. The number of benzene rings is 1. The van der Waals surface area contributed by atoms with Gasteiger partial charge in [-0.3, -0.25) is 0 Å². The lowest BCUT2D eigenvalue weighted by Crippen LogP contribution is -2.41. The van der Waals surface area contributed by atoms with Crippen LogP contribution in [0.1, 0.15) is 32.8 Å². The lowest BCUT2D eigenvalue weighted by atomic mass is 9.99. The van der Waals surface area contributed by atoms with Gasteiger partial charge in [-0.05, 0) is 38.8 Å². The average Bonchev–Trinajstić information content (AvgIpc) is 2.24. The van der Waals surface area contributed by atoms with Crippen LogP contribution in [0.4, 0.5) is 11.4 Å². The van der Waals surface area contributed by atoms with E-state index in [9.17, 15) is 5.11 Å². The third-order valence-corrected chi connectivity index (χ3v) is 2.94. The summed E-state index contributed by atoms with van der Waals surface area (Å²) in [6.45, 7) is 7.53. The summed E-state index contributed by atoms with van der Waals surface area (Å²) < 4.78 is 5.84. The zero-order valence-electron chi connectivity index (χ0n) is 10.9. The van der Waals surface area contributed by atoms with Crippen LogP contribution in [0.15, 0.2) is 12.1 Å². The average molecular weight is 238 g/mol. The molecule has 0 saturated carbocycles. The van der Waals surface area contributed by atoms with Crippen LogP contribution < -0.4 is 16.2 Å². The highest BCUT2D eigenvalue weighted by Gasteiger charge is 2.29. The molecule has 1 atom stereocenters. The Morgan fingerprint density at radius 1 is 1.29 bits per heavy atom. The van der Waals surface area contributed by atoms with Crippen molar-refractivity contribution in [1.82, 2.24) is 0 Å². The molecule has 0 aliphatic carbocycles. The van der Waals surface area contributed by atoms with E-state index in [4.69, 9.17) is 16.2 Å². The van der Waals surface area contributed by atoms with Gasteiger partial charge in [0.05, 0.1) is 17.5 Å². The Kier molecular flexibility index (Phi) is 3.88. The SMILES string of the molecule is CCC(O)C(C)(C)Oc1cc(N)c(N)cc1C. The van der Waals surface area contributed by atoms with Crippen molar-refractivity contribution < 1.29 is 9.84 Å². The van der Waals surface area contributed by atoms with Crippen LogP contribution in [0.25, 0.3) is 0 Å². The maximum atomic E-state index is 9.88. The quantitative estimate of drug-likeness (QED) is 0.701. The maximum absolute atomic E-state index is 9.88. The lowest BCUT2D eigenvalue weighted by Gasteiger charge is -2.31. The molecule has 0 aromatic heterocycles. The summed E-state index contributed by atoms with van der Waals surface area (Å²) >= 11 is 0. The Morgan fingerprint density at radius 3 is 2.35 bits per heavy atom. The summed E-state index contributed by atoms with van der Waals surface area (Å²) in [4.78, 5) is 0. The van der Waals surface area contributed by atoms with Crippen molar-refractivity contribution in [2.24, 2.45) is 0 Å². The van der Waals surface area contributed by atoms with E-state index in [2.05, 4.69) is 0 Å². The molecule has 96 valence electrons. The van der Waals surface area contributed by atoms with Crippen molar-refractivity contribution in [3.05, 3.63) is 17.7 Å². The van der Waals surface area contributed by atoms with E-state index in [1.807, 2.05) is 27.7 Å². The zero-order valence-corrected chi connectivity index (χ0v) is 10.9. The van der Waals surface area contributed by atoms with E-state index in [1.54, 1.807) is 12.1 Å². The van der Waals surface area contributed by atoms with Gasteiger partial charge in [-0.15, -0.1) is 0 Å². The number of ether oxygens (including phenoxy) is 1. The van der Waals surface area contributed by atoms with E-state index >= 15 is 0 Å². The highest BCUT2D eigenvalue weighted by atomic mass is 16.5. The first kappa shape index (κ1) is 13.6. The molecular formula is C13H22N2O2. The molecule has 0 amide bonds. The lowest BCUT2D eigenvalue weighted by molar-refractivity contribution is -0.0301. The fourth-order valence-electron chi connectivity index (χ4n) is 1.68. The summed E-state index contributed by atoms with van der Waals surface area (Å²) in [6, 6.07) is 3.48. The fraction of sp³-hybridized carbons (Fsp3) is 0.538. The number of aliphatic hydroxyl groups is 1. The molecule has 0 heterocycles. The van der Waals surface area contributed by atoms with Gasteiger partial charge < -0.3 is 21.3 Å². The van der Waals surface area contributed by atoms with Gasteiger partial charge in [-0.2, -0.15) is 0 Å². The Balaban J connectivity index is 2.99. The van der Waals surface area contributed by atoms with E-state index in [-0.39, 0.29) is 0 Å².